The molecule has 0 saturated heterocycles. The van der Waals surface area contributed by atoms with E-state index in [2.05, 4.69) is 25.6 Å². The summed E-state index contributed by atoms with van der Waals surface area (Å²) < 4.78 is 18.0. The number of nitrogens with zero attached hydrogens (tertiary/aromatic N) is 3. The topological polar surface area (TPSA) is 106 Å². The van der Waals surface area contributed by atoms with Crippen LogP contribution >= 0.6 is 11.3 Å². The molecule has 3 rings (SSSR count). The number of nitrogens with one attached hydrogen (secondary N) is 2. The molecule has 0 aliphatic carbocycles. The Morgan fingerprint density at radius 1 is 1.14 bits per heavy atom. The average molecular weight is 415 g/mol. The van der Waals surface area contributed by atoms with Crippen LogP contribution in [0.15, 0.2) is 30.5 Å². The summed E-state index contributed by atoms with van der Waals surface area (Å²) in [6.07, 6.45) is 1.39. The van der Waals surface area contributed by atoms with E-state index >= 15 is 0 Å². The maximum absolute atomic E-state index is 13.0. The van der Waals surface area contributed by atoms with Crippen molar-refractivity contribution in [1.29, 1.82) is 0 Å². The van der Waals surface area contributed by atoms with Crippen LogP contribution in [0, 0.1) is 19.7 Å². The number of ether oxygens (including phenoxy) is 1. The highest BCUT2D eigenvalue weighted by Crippen LogP contribution is 2.25. The Bertz CT molecular complexity index is 1050. The van der Waals surface area contributed by atoms with Gasteiger partial charge in [-0.2, -0.15) is 0 Å². The molecule has 2 aromatic heterocycles. The van der Waals surface area contributed by atoms with Crippen molar-refractivity contribution in [3.05, 3.63) is 58.1 Å². The predicted molar refractivity (Wildman–Crippen MR) is 107 cm³/mol. The van der Waals surface area contributed by atoms with Crippen LogP contribution in [0.5, 0.6) is 0 Å². The fraction of sp³-hybridized carbons (Fsp3) is 0.211. The zero-order valence-electron chi connectivity index (χ0n) is 15.9. The van der Waals surface area contributed by atoms with Gasteiger partial charge in [-0.15, -0.1) is 0 Å². The monoisotopic (exact) mass is 415 g/mol. The number of thiazole rings is 1. The number of anilines is 3. The fourth-order valence-electron chi connectivity index (χ4n) is 2.41. The minimum Gasteiger partial charge on any atom is -0.462 e. The molecule has 0 atom stereocenters. The number of aromatic nitrogens is 3. The van der Waals surface area contributed by atoms with Crippen molar-refractivity contribution in [1.82, 2.24) is 15.0 Å². The molecule has 2 N–H and O–H groups in total. The molecule has 29 heavy (non-hydrogen) atoms. The molecule has 0 aliphatic heterocycles. The second-order valence-electron chi connectivity index (χ2n) is 5.93. The summed E-state index contributed by atoms with van der Waals surface area (Å²) in [6.45, 7) is 5.40. The van der Waals surface area contributed by atoms with Gasteiger partial charge in [-0.3, -0.25) is 4.79 Å². The molecule has 8 nitrogen and oxygen atoms in total. The highest BCUT2D eigenvalue weighted by Gasteiger charge is 2.18. The lowest BCUT2D eigenvalue weighted by Gasteiger charge is -2.08. The Morgan fingerprint density at radius 2 is 1.86 bits per heavy atom. The van der Waals surface area contributed by atoms with Gasteiger partial charge in [-0.25, -0.2) is 24.1 Å². The first-order valence-corrected chi connectivity index (χ1v) is 9.51. The van der Waals surface area contributed by atoms with Crippen LogP contribution in [0.3, 0.4) is 0 Å². The van der Waals surface area contributed by atoms with Gasteiger partial charge in [0.1, 0.15) is 10.7 Å². The summed E-state index contributed by atoms with van der Waals surface area (Å²) in [6, 6.07) is 5.44. The SMILES string of the molecule is CCOC(=O)c1sc(Nc2ncc(C(=O)Nc3ccc(F)cc3)c(C)n2)nc1C. The number of hydrogen-bond acceptors (Lipinski definition) is 8. The van der Waals surface area contributed by atoms with Crippen molar-refractivity contribution in [2.24, 2.45) is 0 Å². The smallest absolute Gasteiger partial charge is 0.350 e. The number of amides is 1. The van der Waals surface area contributed by atoms with E-state index < -0.39 is 11.9 Å². The summed E-state index contributed by atoms with van der Waals surface area (Å²) in [5.41, 5.74) is 1.73. The Balaban J connectivity index is 1.72. The lowest BCUT2D eigenvalue weighted by Crippen LogP contribution is -2.15. The maximum atomic E-state index is 13.0. The first-order valence-electron chi connectivity index (χ1n) is 8.69. The predicted octanol–water partition coefficient (Wildman–Crippen LogP) is 3.86. The Kier molecular flexibility index (Phi) is 6.13. The van der Waals surface area contributed by atoms with E-state index in [1.807, 2.05) is 0 Å². The van der Waals surface area contributed by atoms with Gasteiger partial charge >= 0.3 is 5.97 Å². The largest absolute Gasteiger partial charge is 0.462 e. The van der Waals surface area contributed by atoms with E-state index in [1.165, 1.54) is 30.5 Å². The molecule has 3 aromatic rings. The van der Waals surface area contributed by atoms with Gasteiger partial charge in [0.15, 0.2) is 5.13 Å². The Labute approximate surface area is 170 Å². The second-order valence-corrected chi connectivity index (χ2v) is 6.93. The molecule has 1 aromatic carbocycles. The maximum Gasteiger partial charge on any atom is 0.350 e. The van der Waals surface area contributed by atoms with Gasteiger partial charge < -0.3 is 15.4 Å². The third kappa shape index (κ3) is 4.91. The molecule has 0 aliphatic rings. The van der Waals surface area contributed by atoms with Crippen LogP contribution in [-0.4, -0.2) is 33.4 Å². The first kappa shape index (κ1) is 20.3. The summed E-state index contributed by atoms with van der Waals surface area (Å²) >= 11 is 1.13. The Morgan fingerprint density at radius 3 is 2.52 bits per heavy atom. The molecule has 150 valence electrons. The van der Waals surface area contributed by atoms with Crippen molar-refractivity contribution in [2.75, 3.05) is 17.2 Å². The van der Waals surface area contributed by atoms with Crippen LogP contribution < -0.4 is 10.6 Å². The molecule has 0 saturated carbocycles. The summed E-state index contributed by atoms with van der Waals surface area (Å²) in [4.78, 5) is 37.4. The quantitative estimate of drug-likeness (QED) is 0.589. The van der Waals surface area contributed by atoms with Crippen LogP contribution in [0.2, 0.25) is 0 Å². The van der Waals surface area contributed by atoms with E-state index in [9.17, 15) is 14.0 Å². The molecule has 0 bridgehead atoms. The molecular formula is C19H18FN5O3S. The van der Waals surface area contributed by atoms with Gasteiger partial charge in [0.25, 0.3) is 5.91 Å². The number of carbonyl (C=O) groups excluding carboxylic acids is 2. The zero-order chi connectivity index (χ0) is 21.0. The Hall–Kier alpha value is -3.40. The molecule has 0 unspecified atom stereocenters. The van der Waals surface area contributed by atoms with E-state index in [-0.39, 0.29) is 23.9 Å². The highest BCUT2D eigenvalue weighted by molar-refractivity contribution is 7.17. The van der Waals surface area contributed by atoms with Crippen LogP contribution in [0.4, 0.5) is 21.2 Å². The van der Waals surface area contributed by atoms with Crippen LogP contribution in [0.1, 0.15) is 38.3 Å². The minimum absolute atomic E-state index is 0.241. The van der Waals surface area contributed by atoms with Gasteiger partial charge in [0, 0.05) is 11.9 Å². The van der Waals surface area contributed by atoms with Crippen LogP contribution in [0.25, 0.3) is 0 Å². The third-order valence-electron chi connectivity index (χ3n) is 3.80. The van der Waals surface area contributed by atoms with Crippen molar-refractivity contribution in [3.8, 4) is 0 Å². The number of benzene rings is 1. The molecule has 0 fully saturated rings. The lowest BCUT2D eigenvalue weighted by molar-refractivity contribution is 0.0531. The zero-order valence-corrected chi connectivity index (χ0v) is 16.8. The van der Waals surface area contributed by atoms with Crippen molar-refractivity contribution in [3.63, 3.8) is 0 Å². The minimum atomic E-state index is -0.430. The van der Waals surface area contributed by atoms with E-state index in [1.54, 1.807) is 20.8 Å². The summed E-state index contributed by atoms with van der Waals surface area (Å²) in [5.74, 6) is -0.984. The van der Waals surface area contributed by atoms with Gasteiger partial charge in [0.05, 0.1) is 23.6 Å². The van der Waals surface area contributed by atoms with E-state index in [0.29, 0.717) is 27.1 Å². The van der Waals surface area contributed by atoms with E-state index in [0.717, 1.165) is 11.3 Å². The van der Waals surface area contributed by atoms with E-state index in [4.69, 9.17) is 4.74 Å². The fourth-order valence-corrected chi connectivity index (χ4v) is 3.27. The number of carbonyl (C=O) groups is 2. The number of aryl methyl sites for hydroxylation is 2. The number of esters is 1. The van der Waals surface area contributed by atoms with Crippen LogP contribution in [-0.2, 0) is 4.74 Å². The highest BCUT2D eigenvalue weighted by atomic mass is 32.1. The second kappa shape index (κ2) is 8.74. The molecule has 0 spiro atoms. The molecular weight excluding hydrogens is 397 g/mol. The molecule has 1 amide bonds. The normalized spacial score (nSPS) is 10.5. The number of hydrogen-bond donors (Lipinski definition) is 2. The third-order valence-corrected chi connectivity index (χ3v) is 4.86. The van der Waals surface area contributed by atoms with Gasteiger partial charge in [-0.05, 0) is 45.0 Å². The van der Waals surface area contributed by atoms with Gasteiger partial charge in [-0.1, -0.05) is 11.3 Å². The van der Waals surface area contributed by atoms with Crippen molar-refractivity contribution < 1.29 is 18.7 Å². The molecule has 0 radical (unpaired) electrons. The number of halogens is 1. The average Bonchev–Trinajstić information content (AvgIpc) is 3.04. The first-order chi connectivity index (χ1) is 13.9. The van der Waals surface area contributed by atoms with Crippen molar-refractivity contribution >= 4 is 40.0 Å². The molecule has 2 heterocycles. The van der Waals surface area contributed by atoms with Crippen molar-refractivity contribution in [2.45, 2.75) is 20.8 Å². The standard InChI is InChI=1S/C19H18FN5O3S/c1-4-28-17(27)15-11(3)23-19(29-15)25-18-21-9-14(10(2)22-18)16(26)24-13-7-5-12(20)6-8-13/h5-9H,4H2,1-3H3,(H,24,26)(H,21,22,23,25). The van der Waals surface area contributed by atoms with Gasteiger partial charge in [0.2, 0.25) is 5.95 Å². The number of rotatable bonds is 6. The summed E-state index contributed by atoms with van der Waals surface area (Å²) in [5, 5.41) is 6.03. The lowest BCUT2D eigenvalue weighted by atomic mass is 10.2. The summed E-state index contributed by atoms with van der Waals surface area (Å²) in [7, 11) is 0. The molecule has 10 heteroatoms.